The predicted octanol–water partition coefficient (Wildman–Crippen LogP) is 3.82. The number of hydrogen-bond acceptors (Lipinski definition) is 4. The molecule has 2 aromatic carbocycles. The van der Waals surface area contributed by atoms with Crippen molar-refractivity contribution in [3.05, 3.63) is 52.0 Å². The lowest BCUT2D eigenvalue weighted by molar-refractivity contribution is 0.0946. The minimum atomic E-state index is -0.280. The molecule has 0 saturated carbocycles. The summed E-state index contributed by atoms with van der Waals surface area (Å²) in [5, 5.41) is 3.70. The first kappa shape index (κ1) is 18.2. The number of nitrogens with one attached hydrogen (secondary N) is 1. The predicted molar refractivity (Wildman–Crippen MR) is 93.8 cm³/mol. The second kappa shape index (κ2) is 8.66. The van der Waals surface area contributed by atoms with Gasteiger partial charge in [-0.1, -0.05) is 23.2 Å². The van der Waals surface area contributed by atoms with E-state index < -0.39 is 0 Å². The molecule has 24 heavy (non-hydrogen) atoms. The van der Waals surface area contributed by atoms with Crippen LogP contribution in [0.2, 0.25) is 10.0 Å². The Bertz CT molecular complexity index is 704. The Morgan fingerprint density at radius 1 is 1.08 bits per heavy atom. The molecule has 0 radical (unpaired) electrons. The molecule has 0 spiro atoms. The van der Waals surface area contributed by atoms with Crippen molar-refractivity contribution in [2.24, 2.45) is 0 Å². The third-order valence-electron chi connectivity index (χ3n) is 3.17. The number of amides is 1. The van der Waals surface area contributed by atoms with Crippen LogP contribution in [0.5, 0.6) is 17.2 Å². The maximum atomic E-state index is 12.2. The molecule has 0 aromatic heterocycles. The van der Waals surface area contributed by atoms with Gasteiger partial charge in [0, 0.05) is 10.6 Å². The Hall–Kier alpha value is -2.11. The van der Waals surface area contributed by atoms with Crippen LogP contribution in [0.15, 0.2) is 36.4 Å². The highest BCUT2D eigenvalue weighted by molar-refractivity contribution is 6.32. The molecule has 1 N–H and O–H groups in total. The molecular weight excluding hydrogens is 353 g/mol. The van der Waals surface area contributed by atoms with Gasteiger partial charge in [-0.3, -0.25) is 4.79 Å². The van der Waals surface area contributed by atoms with Gasteiger partial charge in [0.15, 0.2) is 11.5 Å². The molecule has 5 nitrogen and oxygen atoms in total. The highest BCUT2D eigenvalue weighted by Crippen LogP contribution is 2.35. The van der Waals surface area contributed by atoms with E-state index in [4.69, 9.17) is 37.4 Å². The SMILES string of the molecule is COc1cc(C(=O)NCCOc2ccc(Cl)cc2)cc(Cl)c1OC. The highest BCUT2D eigenvalue weighted by Gasteiger charge is 2.14. The van der Waals surface area contributed by atoms with Crippen LogP contribution in [-0.4, -0.2) is 33.3 Å². The molecule has 0 fully saturated rings. The number of halogens is 2. The van der Waals surface area contributed by atoms with Crippen LogP contribution in [0, 0.1) is 0 Å². The fourth-order valence-electron chi connectivity index (χ4n) is 2.02. The van der Waals surface area contributed by atoms with Crippen LogP contribution < -0.4 is 19.5 Å². The standard InChI is InChI=1S/C17H17Cl2NO4/c1-22-15-10-11(9-14(19)16(15)23-2)17(21)20-7-8-24-13-5-3-12(18)4-6-13/h3-6,9-10H,7-8H2,1-2H3,(H,20,21). The smallest absolute Gasteiger partial charge is 0.251 e. The third kappa shape index (κ3) is 4.69. The summed E-state index contributed by atoms with van der Waals surface area (Å²) in [4.78, 5) is 12.2. The summed E-state index contributed by atoms with van der Waals surface area (Å²) in [5.41, 5.74) is 0.379. The Morgan fingerprint density at radius 3 is 2.42 bits per heavy atom. The normalized spacial score (nSPS) is 10.2. The van der Waals surface area contributed by atoms with Gasteiger partial charge in [0.2, 0.25) is 0 Å². The topological polar surface area (TPSA) is 56.8 Å². The summed E-state index contributed by atoms with van der Waals surface area (Å²) < 4.78 is 15.8. The van der Waals surface area contributed by atoms with Crippen LogP contribution in [-0.2, 0) is 0 Å². The van der Waals surface area contributed by atoms with Gasteiger partial charge in [-0.2, -0.15) is 0 Å². The van der Waals surface area contributed by atoms with E-state index in [0.717, 1.165) is 0 Å². The first-order valence-electron chi connectivity index (χ1n) is 7.13. The molecule has 7 heteroatoms. The number of benzene rings is 2. The maximum absolute atomic E-state index is 12.2. The summed E-state index contributed by atoms with van der Waals surface area (Å²) in [7, 11) is 2.97. The van der Waals surface area contributed by atoms with Gasteiger partial charge in [0.25, 0.3) is 5.91 Å². The quantitative estimate of drug-likeness (QED) is 0.753. The van der Waals surface area contributed by atoms with E-state index in [1.165, 1.54) is 20.3 Å². The number of hydrogen-bond donors (Lipinski definition) is 1. The molecule has 0 saturated heterocycles. The Morgan fingerprint density at radius 2 is 1.79 bits per heavy atom. The summed E-state index contributed by atoms with van der Waals surface area (Å²) in [5.74, 6) is 1.19. The molecule has 0 aliphatic carbocycles. The summed E-state index contributed by atoms with van der Waals surface area (Å²) in [6, 6.07) is 10.1. The van der Waals surface area contributed by atoms with Gasteiger partial charge in [0.05, 0.1) is 25.8 Å². The zero-order valence-corrected chi connectivity index (χ0v) is 14.8. The molecule has 1 amide bonds. The fourth-order valence-corrected chi connectivity index (χ4v) is 2.43. The number of methoxy groups -OCH3 is 2. The molecule has 0 bridgehead atoms. The van der Waals surface area contributed by atoms with Gasteiger partial charge in [0.1, 0.15) is 12.4 Å². The van der Waals surface area contributed by atoms with Crippen molar-refractivity contribution in [3.8, 4) is 17.2 Å². The molecule has 0 aliphatic rings. The lowest BCUT2D eigenvalue weighted by atomic mass is 10.2. The Kier molecular flexibility index (Phi) is 6.58. The lowest BCUT2D eigenvalue weighted by Crippen LogP contribution is -2.28. The van der Waals surface area contributed by atoms with Crippen molar-refractivity contribution in [3.63, 3.8) is 0 Å². The van der Waals surface area contributed by atoms with Crippen molar-refractivity contribution in [1.82, 2.24) is 5.32 Å². The van der Waals surface area contributed by atoms with Gasteiger partial charge < -0.3 is 19.5 Å². The van der Waals surface area contributed by atoms with E-state index in [1.807, 2.05) is 0 Å². The van der Waals surface area contributed by atoms with Gasteiger partial charge >= 0.3 is 0 Å². The van der Waals surface area contributed by atoms with E-state index in [-0.39, 0.29) is 5.91 Å². The molecular formula is C17H17Cl2NO4. The summed E-state index contributed by atoms with van der Waals surface area (Å²) in [6.45, 7) is 0.668. The highest BCUT2D eigenvalue weighted by atomic mass is 35.5. The minimum Gasteiger partial charge on any atom is -0.493 e. The van der Waals surface area contributed by atoms with E-state index in [1.54, 1.807) is 30.3 Å². The van der Waals surface area contributed by atoms with Gasteiger partial charge in [-0.05, 0) is 36.4 Å². The maximum Gasteiger partial charge on any atom is 0.251 e. The summed E-state index contributed by atoms with van der Waals surface area (Å²) in [6.07, 6.45) is 0. The second-order valence-electron chi connectivity index (χ2n) is 4.75. The zero-order valence-electron chi connectivity index (χ0n) is 13.3. The number of carbonyl (C=O) groups excluding carboxylic acids is 1. The Labute approximate surface area is 150 Å². The van der Waals surface area contributed by atoms with E-state index in [9.17, 15) is 4.79 Å². The molecule has 2 rings (SSSR count). The van der Waals surface area contributed by atoms with E-state index >= 15 is 0 Å². The average Bonchev–Trinajstić information content (AvgIpc) is 2.59. The number of ether oxygens (including phenoxy) is 3. The third-order valence-corrected chi connectivity index (χ3v) is 3.70. The minimum absolute atomic E-state index is 0.280. The van der Waals surface area contributed by atoms with Crippen molar-refractivity contribution in [2.75, 3.05) is 27.4 Å². The van der Waals surface area contributed by atoms with Crippen molar-refractivity contribution < 1.29 is 19.0 Å². The number of rotatable bonds is 7. The van der Waals surface area contributed by atoms with Crippen LogP contribution in [0.4, 0.5) is 0 Å². The van der Waals surface area contributed by atoms with Crippen LogP contribution in [0.3, 0.4) is 0 Å². The van der Waals surface area contributed by atoms with Crippen LogP contribution in [0.1, 0.15) is 10.4 Å². The van der Waals surface area contributed by atoms with Gasteiger partial charge in [-0.25, -0.2) is 0 Å². The molecule has 128 valence electrons. The first-order valence-corrected chi connectivity index (χ1v) is 7.89. The van der Waals surface area contributed by atoms with E-state index in [2.05, 4.69) is 5.32 Å². The van der Waals surface area contributed by atoms with Crippen LogP contribution >= 0.6 is 23.2 Å². The average molecular weight is 370 g/mol. The zero-order chi connectivity index (χ0) is 17.5. The molecule has 0 atom stereocenters. The van der Waals surface area contributed by atoms with E-state index in [0.29, 0.717) is 46.0 Å². The number of carbonyl (C=O) groups is 1. The molecule has 0 aliphatic heterocycles. The van der Waals surface area contributed by atoms with Crippen molar-refractivity contribution in [1.29, 1.82) is 0 Å². The lowest BCUT2D eigenvalue weighted by Gasteiger charge is -2.12. The Balaban J connectivity index is 1.90. The second-order valence-corrected chi connectivity index (χ2v) is 5.60. The summed E-state index contributed by atoms with van der Waals surface area (Å²) >= 11 is 11.9. The molecule has 0 heterocycles. The van der Waals surface area contributed by atoms with Crippen molar-refractivity contribution in [2.45, 2.75) is 0 Å². The molecule has 2 aromatic rings. The van der Waals surface area contributed by atoms with Gasteiger partial charge in [-0.15, -0.1) is 0 Å². The monoisotopic (exact) mass is 369 g/mol. The fraction of sp³-hybridized carbons (Fsp3) is 0.235. The van der Waals surface area contributed by atoms with Crippen molar-refractivity contribution >= 4 is 29.1 Å². The largest absolute Gasteiger partial charge is 0.493 e. The molecule has 0 unspecified atom stereocenters. The van der Waals surface area contributed by atoms with Crippen LogP contribution in [0.25, 0.3) is 0 Å². The first-order chi connectivity index (χ1) is 11.5.